The summed E-state index contributed by atoms with van der Waals surface area (Å²) in [5.74, 6) is -4.11. The minimum Gasteiger partial charge on any atom is -0.459 e. The van der Waals surface area contributed by atoms with Crippen molar-refractivity contribution in [1.82, 2.24) is 20.1 Å². The lowest BCUT2D eigenvalue weighted by atomic mass is 9.95. The molecule has 0 spiro atoms. The van der Waals surface area contributed by atoms with Crippen molar-refractivity contribution in [3.8, 4) is 22.3 Å². The molecule has 1 saturated heterocycles. The summed E-state index contributed by atoms with van der Waals surface area (Å²) in [6.45, 7) is 0.982. The van der Waals surface area contributed by atoms with Crippen molar-refractivity contribution in [2.45, 2.75) is 38.4 Å². The quantitative estimate of drug-likeness (QED) is 0.204. The molecule has 46 heavy (non-hydrogen) atoms. The SMILES string of the molecule is O=C(NCc1cc2cc(-c3ccc(C(=O)N4CCC(F)(F)CC4)cc3)cc(-c3ccc(F)cc3F)c2o1)N1Cc2ccncc2C1. The van der Waals surface area contributed by atoms with Gasteiger partial charge >= 0.3 is 6.03 Å². The van der Waals surface area contributed by atoms with E-state index in [0.29, 0.717) is 52.1 Å². The number of hydrogen-bond acceptors (Lipinski definition) is 4. The van der Waals surface area contributed by atoms with Crippen molar-refractivity contribution in [1.29, 1.82) is 0 Å². The molecule has 7 rings (SSSR count). The number of pyridine rings is 1. The molecule has 1 fully saturated rings. The van der Waals surface area contributed by atoms with E-state index in [1.807, 2.05) is 12.1 Å². The number of urea groups is 1. The highest BCUT2D eigenvalue weighted by atomic mass is 19.3. The molecule has 0 bridgehead atoms. The van der Waals surface area contributed by atoms with E-state index in [1.54, 1.807) is 53.7 Å². The van der Waals surface area contributed by atoms with Gasteiger partial charge in [0.2, 0.25) is 0 Å². The van der Waals surface area contributed by atoms with Gasteiger partial charge < -0.3 is 19.5 Å². The monoisotopic (exact) mass is 628 g/mol. The number of hydrogen-bond donors (Lipinski definition) is 1. The molecule has 7 nitrogen and oxygen atoms in total. The number of benzene rings is 3. The molecule has 0 saturated carbocycles. The van der Waals surface area contributed by atoms with Crippen LogP contribution in [0, 0.1) is 11.6 Å². The molecule has 2 aliphatic rings. The van der Waals surface area contributed by atoms with E-state index in [9.17, 15) is 22.8 Å². The van der Waals surface area contributed by atoms with Crippen molar-refractivity contribution < 1.29 is 31.6 Å². The average Bonchev–Trinajstić information content (AvgIpc) is 3.67. The Morgan fingerprint density at radius 2 is 1.61 bits per heavy atom. The molecule has 4 heterocycles. The largest absolute Gasteiger partial charge is 0.459 e. The molecule has 3 aromatic carbocycles. The van der Waals surface area contributed by atoms with Gasteiger partial charge in [0.1, 0.15) is 23.0 Å². The third-order valence-corrected chi connectivity index (χ3v) is 8.56. The first kappa shape index (κ1) is 29.5. The van der Waals surface area contributed by atoms with Crippen LogP contribution < -0.4 is 5.32 Å². The van der Waals surface area contributed by atoms with Crippen molar-refractivity contribution in [3.63, 3.8) is 0 Å². The van der Waals surface area contributed by atoms with Gasteiger partial charge in [-0.3, -0.25) is 9.78 Å². The van der Waals surface area contributed by atoms with Gasteiger partial charge in [0.05, 0.1) is 6.54 Å². The second-order valence-electron chi connectivity index (χ2n) is 11.7. The lowest BCUT2D eigenvalue weighted by Gasteiger charge is -2.31. The lowest BCUT2D eigenvalue weighted by Crippen LogP contribution is -2.42. The Balaban J connectivity index is 1.16. The molecule has 0 radical (unpaired) electrons. The number of carbonyl (C=O) groups excluding carboxylic acids is 2. The smallest absolute Gasteiger partial charge is 0.318 e. The van der Waals surface area contributed by atoms with Gasteiger partial charge in [-0.15, -0.1) is 0 Å². The zero-order valence-electron chi connectivity index (χ0n) is 24.5. The molecule has 2 aromatic heterocycles. The van der Waals surface area contributed by atoms with Crippen LogP contribution in [0.4, 0.5) is 22.4 Å². The van der Waals surface area contributed by atoms with Crippen molar-refractivity contribution in [2.24, 2.45) is 0 Å². The topological polar surface area (TPSA) is 78.7 Å². The number of halogens is 4. The summed E-state index contributed by atoms with van der Waals surface area (Å²) in [5, 5.41) is 3.51. The zero-order valence-corrected chi connectivity index (χ0v) is 24.5. The number of amides is 3. The molecule has 234 valence electrons. The molecule has 0 aliphatic carbocycles. The fourth-order valence-corrected chi connectivity index (χ4v) is 6.03. The first-order chi connectivity index (χ1) is 22.1. The van der Waals surface area contributed by atoms with Gasteiger partial charge in [-0.1, -0.05) is 12.1 Å². The molecule has 1 N–H and O–H groups in total. The van der Waals surface area contributed by atoms with Crippen LogP contribution in [0.2, 0.25) is 0 Å². The molecular weight excluding hydrogens is 600 g/mol. The van der Waals surface area contributed by atoms with Gasteiger partial charge in [-0.05, 0) is 70.8 Å². The number of carbonyl (C=O) groups is 2. The Morgan fingerprint density at radius 3 is 2.35 bits per heavy atom. The highest BCUT2D eigenvalue weighted by Gasteiger charge is 2.35. The Bertz CT molecular complexity index is 1940. The molecular formula is C35H28F4N4O3. The summed E-state index contributed by atoms with van der Waals surface area (Å²) >= 11 is 0. The number of likely N-dealkylation sites (tertiary alicyclic amines) is 1. The van der Waals surface area contributed by atoms with Crippen molar-refractivity contribution in [2.75, 3.05) is 13.1 Å². The van der Waals surface area contributed by atoms with Crippen LogP contribution in [0.3, 0.4) is 0 Å². The fraction of sp³-hybridized carbons (Fsp3) is 0.229. The average molecular weight is 629 g/mol. The lowest BCUT2D eigenvalue weighted by molar-refractivity contribution is -0.0494. The van der Waals surface area contributed by atoms with Gasteiger partial charge in [-0.2, -0.15) is 0 Å². The number of piperidine rings is 1. The number of fused-ring (bicyclic) bond motifs is 2. The Kier molecular flexibility index (Phi) is 7.46. The number of alkyl halides is 2. The summed E-state index contributed by atoms with van der Waals surface area (Å²) in [7, 11) is 0. The summed E-state index contributed by atoms with van der Waals surface area (Å²) in [5.41, 5.74) is 4.70. The summed E-state index contributed by atoms with van der Waals surface area (Å²) in [4.78, 5) is 33.1. The highest BCUT2D eigenvalue weighted by Crippen LogP contribution is 2.38. The first-order valence-corrected chi connectivity index (χ1v) is 14.9. The fourth-order valence-electron chi connectivity index (χ4n) is 6.03. The molecule has 0 atom stereocenters. The Morgan fingerprint density at radius 1 is 0.848 bits per heavy atom. The predicted molar refractivity (Wildman–Crippen MR) is 163 cm³/mol. The van der Waals surface area contributed by atoms with Crippen LogP contribution >= 0.6 is 0 Å². The third kappa shape index (κ3) is 5.80. The minimum absolute atomic E-state index is 0.0106. The van der Waals surface area contributed by atoms with E-state index in [1.165, 1.54) is 17.0 Å². The number of rotatable bonds is 5. The minimum atomic E-state index is -2.75. The van der Waals surface area contributed by atoms with Crippen molar-refractivity contribution >= 4 is 22.9 Å². The number of nitrogens with one attached hydrogen (secondary N) is 1. The van der Waals surface area contributed by atoms with Crippen LogP contribution in [0.25, 0.3) is 33.2 Å². The molecule has 11 heteroatoms. The van der Waals surface area contributed by atoms with E-state index in [2.05, 4.69) is 10.3 Å². The maximum Gasteiger partial charge on any atom is 0.318 e. The van der Waals surface area contributed by atoms with Gasteiger partial charge in [-0.25, -0.2) is 22.4 Å². The maximum absolute atomic E-state index is 15.1. The molecule has 2 aliphatic heterocycles. The highest BCUT2D eigenvalue weighted by molar-refractivity contribution is 5.98. The van der Waals surface area contributed by atoms with Crippen LogP contribution in [0.15, 0.2) is 83.5 Å². The Hall–Kier alpha value is -5.19. The van der Waals surface area contributed by atoms with E-state index in [0.717, 1.165) is 17.2 Å². The molecule has 3 amide bonds. The van der Waals surface area contributed by atoms with E-state index >= 15 is 4.39 Å². The predicted octanol–water partition coefficient (Wildman–Crippen LogP) is 7.54. The maximum atomic E-state index is 15.1. The zero-order chi connectivity index (χ0) is 32.0. The second-order valence-corrected chi connectivity index (χ2v) is 11.7. The normalized spacial score (nSPS) is 15.7. The summed E-state index contributed by atoms with van der Waals surface area (Å²) in [6, 6.07) is 17.0. The number of furan rings is 1. The summed E-state index contributed by atoms with van der Waals surface area (Å²) < 4.78 is 62.2. The van der Waals surface area contributed by atoms with E-state index in [4.69, 9.17) is 4.42 Å². The van der Waals surface area contributed by atoms with Gasteiger partial charge in [0.15, 0.2) is 0 Å². The van der Waals surface area contributed by atoms with Crippen LogP contribution in [0.5, 0.6) is 0 Å². The number of aromatic nitrogens is 1. The van der Waals surface area contributed by atoms with Gasteiger partial charge in [0.25, 0.3) is 11.8 Å². The van der Waals surface area contributed by atoms with Crippen LogP contribution in [-0.2, 0) is 19.6 Å². The second kappa shape index (κ2) is 11.6. The number of nitrogens with zero attached hydrogens (tertiary/aromatic N) is 3. The molecule has 0 unspecified atom stereocenters. The molecule has 5 aromatic rings. The standard InChI is InChI=1S/C35H28F4N4O3/c36-27-5-6-29(31(37)16-27)30-15-24(21-1-3-22(4-2-21)33(44)42-11-8-35(38,39)9-12-42)13-25-14-28(46-32(25)30)18-41-34(45)43-19-23-7-10-40-17-26(23)20-43/h1-7,10,13-17H,8-9,11-12,18-20H2,(H,41,45). The first-order valence-electron chi connectivity index (χ1n) is 14.9. The van der Waals surface area contributed by atoms with Crippen LogP contribution in [0.1, 0.15) is 40.1 Å². The van der Waals surface area contributed by atoms with E-state index < -0.39 is 17.6 Å². The van der Waals surface area contributed by atoms with E-state index in [-0.39, 0.29) is 50.0 Å². The van der Waals surface area contributed by atoms with Crippen molar-refractivity contribution in [3.05, 3.63) is 113 Å². The summed E-state index contributed by atoms with van der Waals surface area (Å²) in [6.07, 6.45) is 2.72. The van der Waals surface area contributed by atoms with Crippen LogP contribution in [-0.4, -0.2) is 45.7 Å². The Labute approximate surface area is 261 Å². The van der Waals surface area contributed by atoms with Gasteiger partial charge in [0, 0.05) is 79.6 Å². The third-order valence-electron chi connectivity index (χ3n) is 8.56.